The standard InChI is InChI=1S/C15H30N2/c1-15(2)8-6-12(7-9-15)11-17-14-5-3-4-13(16)10-14/h12-14,17H,3-11,16H2,1-2H3. The summed E-state index contributed by atoms with van der Waals surface area (Å²) >= 11 is 0. The molecule has 3 N–H and O–H groups in total. The van der Waals surface area contributed by atoms with Gasteiger partial charge in [-0.1, -0.05) is 20.3 Å². The Balaban J connectivity index is 1.65. The monoisotopic (exact) mass is 238 g/mol. The molecular weight excluding hydrogens is 208 g/mol. The normalized spacial score (nSPS) is 34.8. The molecule has 2 rings (SSSR count). The third-order valence-electron chi connectivity index (χ3n) is 4.87. The van der Waals surface area contributed by atoms with Crippen molar-refractivity contribution in [3.8, 4) is 0 Å². The molecule has 0 aliphatic heterocycles. The summed E-state index contributed by atoms with van der Waals surface area (Å²) in [6.45, 7) is 6.06. The Morgan fingerprint density at radius 1 is 1.12 bits per heavy atom. The van der Waals surface area contributed by atoms with Gasteiger partial charge in [-0.25, -0.2) is 0 Å². The lowest BCUT2D eigenvalue weighted by atomic mass is 9.73. The van der Waals surface area contributed by atoms with Crippen LogP contribution in [-0.2, 0) is 0 Å². The van der Waals surface area contributed by atoms with Crippen LogP contribution in [0, 0.1) is 11.3 Å². The van der Waals surface area contributed by atoms with E-state index in [-0.39, 0.29) is 0 Å². The van der Waals surface area contributed by atoms with Gasteiger partial charge in [-0.3, -0.25) is 0 Å². The number of rotatable bonds is 3. The molecule has 2 saturated carbocycles. The molecule has 2 fully saturated rings. The van der Waals surface area contributed by atoms with Crippen molar-refractivity contribution in [1.29, 1.82) is 0 Å². The summed E-state index contributed by atoms with van der Waals surface area (Å²) in [7, 11) is 0. The molecular formula is C15H30N2. The van der Waals surface area contributed by atoms with Gasteiger partial charge in [-0.15, -0.1) is 0 Å². The molecule has 2 aliphatic rings. The van der Waals surface area contributed by atoms with E-state index in [0.717, 1.165) is 5.92 Å². The summed E-state index contributed by atoms with van der Waals surface area (Å²) in [5, 5.41) is 3.77. The minimum atomic E-state index is 0.450. The lowest BCUT2D eigenvalue weighted by Crippen LogP contribution is -2.41. The van der Waals surface area contributed by atoms with Gasteiger partial charge in [0.2, 0.25) is 0 Å². The van der Waals surface area contributed by atoms with Gasteiger partial charge in [0.15, 0.2) is 0 Å². The molecule has 2 heteroatoms. The van der Waals surface area contributed by atoms with Gasteiger partial charge in [0.05, 0.1) is 0 Å². The number of hydrogen-bond donors (Lipinski definition) is 2. The Labute approximate surface area is 107 Å². The molecule has 2 nitrogen and oxygen atoms in total. The predicted octanol–water partition coefficient (Wildman–Crippen LogP) is 3.06. The van der Waals surface area contributed by atoms with Crippen LogP contribution in [0.3, 0.4) is 0 Å². The summed E-state index contributed by atoms with van der Waals surface area (Å²) in [6.07, 6.45) is 10.7. The summed E-state index contributed by atoms with van der Waals surface area (Å²) < 4.78 is 0. The largest absolute Gasteiger partial charge is 0.328 e. The second-order valence-electron chi connectivity index (χ2n) is 7.14. The van der Waals surface area contributed by atoms with Crippen LogP contribution in [0.15, 0.2) is 0 Å². The molecule has 0 saturated heterocycles. The molecule has 2 aliphatic carbocycles. The maximum Gasteiger partial charge on any atom is 0.00819 e. The highest BCUT2D eigenvalue weighted by molar-refractivity contribution is 4.83. The van der Waals surface area contributed by atoms with Gasteiger partial charge in [0, 0.05) is 12.1 Å². The minimum absolute atomic E-state index is 0.450. The van der Waals surface area contributed by atoms with Crippen LogP contribution in [0.25, 0.3) is 0 Å². The fourth-order valence-electron chi connectivity index (χ4n) is 3.41. The summed E-state index contributed by atoms with van der Waals surface area (Å²) in [5.41, 5.74) is 6.63. The first-order valence-corrected chi connectivity index (χ1v) is 7.54. The van der Waals surface area contributed by atoms with Crippen LogP contribution in [0.5, 0.6) is 0 Å². The highest BCUT2D eigenvalue weighted by Crippen LogP contribution is 2.37. The molecule has 2 unspecified atom stereocenters. The van der Waals surface area contributed by atoms with Crippen molar-refractivity contribution >= 4 is 0 Å². The van der Waals surface area contributed by atoms with Crippen LogP contribution >= 0.6 is 0 Å². The number of nitrogens with one attached hydrogen (secondary N) is 1. The molecule has 0 aromatic carbocycles. The van der Waals surface area contributed by atoms with Crippen molar-refractivity contribution in [3.05, 3.63) is 0 Å². The number of hydrogen-bond acceptors (Lipinski definition) is 2. The minimum Gasteiger partial charge on any atom is -0.328 e. The van der Waals surface area contributed by atoms with Gasteiger partial charge < -0.3 is 11.1 Å². The maximum atomic E-state index is 6.03. The first-order valence-electron chi connectivity index (χ1n) is 7.54. The van der Waals surface area contributed by atoms with Gasteiger partial charge >= 0.3 is 0 Å². The van der Waals surface area contributed by atoms with E-state index in [9.17, 15) is 0 Å². The van der Waals surface area contributed by atoms with Gasteiger partial charge in [-0.05, 0) is 62.8 Å². The lowest BCUT2D eigenvalue weighted by Gasteiger charge is -2.36. The summed E-state index contributed by atoms with van der Waals surface area (Å²) in [6, 6.07) is 1.15. The van der Waals surface area contributed by atoms with Crippen LogP contribution < -0.4 is 11.1 Å². The van der Waals surface area contributed by atoms with Crippen molar-refractivity contribution in [1.82, 2.24) is 5.32 Å². The van der Waals surface area contributed by atoms with E-state index >= 15 is 0 Å². The van der Waals surface area contributed by atoms with Crippen molar-refractivity contribution in [3.63, 3.8) is 0 Å². The van der Waals surface area contributed by atoms with E-state index in [0.29, 0.717) is 17.5 Å². The van der Waals surface area contributed by atoms with Crippen molar-refractivity contribution in [2.45, 2.75) is 77.3 Å². The molecule has 100 valence electrons. The average Bonchev–Trinajstić information content (AvgIpc) is 2.28. The number of nitrogens with two attached hydrogens (primary N) is 1. The zero-order chi connectivity index (χ0) is 12.3. The summed E-state index contributed by atoms with van der Waals surface area (Å²) in [5.74, 6) is 0.918. The van der Waals surface area contributed by atoms with Crippen LogP contribution in [-0.4, -0.2) is 18.6 Å². The Hall–Kier alpha value is -0.0800. The first-order chi connectivity index (χ1) is 8.05. The molecule has 0 aromatic rings. The maximum absolute atomic E-state index is 6.03. The molecule has 0 aromatic heterocycles. The van der Waals surface area contributed by atoms with E-state index in [1.807, 2.05) is 0 Å². The molecule has 0 spiro atoms. The smallest absolute Gasteiger partial charge is 0.00819 e. The second-order valence-corrected chi connectivity index (χ2v) is 7.14. The molecule has 0 radical (unpaired) electrons. The average molecular weight is 238 g/mol. The zero-order valence-electron chi connectivity index (χ0n) is 11.7. The predicted molar refractivity (Wildman–Crippen MR) is 74.0 cm³/mol. The topological polar surface area (TPSA) is 38.0 Å². The van der Waals surface area contributed by atoms with Crippen molar-refractivity contribution in [2.24, 2.45) is 17.1 Å². The van der Waals surface area contributed by atoms with E-state index in [1.54, 1.807) is 0 Å². The van der Waals surface area contributed by atoms with Gasteiger partial charge in [0.1, 0.15) is 0 Å². The Kier molecular flexibility index (Phi) is 4.48. The summed E-state index contributed by atoms with van der Waals surface area (Å²) in [4.78, 5) is 0. The highest BCUT2D eigenvalue weighted by atomic mass is 14.9. The van der Waals surface area contributed by atoms with Gasteiger partial charge in [-0.2, -0.15) is 0 Å². The first kappa shape index (κ1) is 13.4. The Morgan fingerprint density at radius 3 is 2.47 bits per heavy atom. The van der Waals surface area contributed by atoms with E-state index in [2.05, 4.69) is 19.2 Å². The third kappa shape index (κ3) is 4.26. The molecule has 0 heterocycles. The molecule has 0 amide bonds. The van der Waals surface area contributed by atoms with Crippen LogP contribution in [0.1, 0.15) is 65.2 Å². The van der Waals surface area contributed by atoms with E-state index in [1.165, 1.54) is 57.9 Å². The lowest BCUT2D eigenvalue weighted by molar-refractivity contribution is 0.182. The van der Waals surface area contributed by atoms with Crippen molar-refractivity contribution < 1.29 is 0 Å². The zero-order valence-corrected chi connectivity index (χ0v) is 11.7. The SMILES string of the molecule is CC1(C)CCC(CNC2CCCC(N)C2)CC1. The van der Waals surface area contributed by atoms with Crippen LogP contribution in [0.2, 0.25) is 0 Å². The third-order valence-corrected chi connectivity index (χ3v) is 4.87. The fraction of sp³-hybridized carbons (Fsp3) is 1.00. The van der Waals surface area contributed by atoms with E-state index in [4.69, 9.17) is 5.73 Å². The van der Waals surface area contributed by atoms with Gasteiger partial charge in [0.25, 0.3) is 0 Å². The Bertz CT molecular complexity index is 227. The Morgan fingerprint density at radius 2 is 1.82 bits per heavy atom. The second kappa shape index (κ2) is 5.71. The molecule has 0 bridgehead atoms. The van der Waals surface area contributed by atoms with E-state index < -0.39 is 0 Å². The highest BCUT2D eigenvalue weighted by Gasteiger charge is 2.27. The quantitative estimate of drug-likeness (QED) is 0.793. The van der Waals surface area contributed by atoms with Crippen LogP contribution in [0.4, 0.5) is 0 Å². The molecule has 17 heavy (non-hydrogen) atoms. The van der Waals surface area contributed by atoms with Crippen molar-refractivity contribution in [2.75, 3.05) is 6.54 Å². The molecule has 2 atom stereocenters. The fourth-order valence-corrected chi connectivity index (χ4v) is 3.41.